The Kier molecular flexibility index (Phi) is 8.14. The maximum Gasteiger partial charge on any atom is 0.258 e. The van der Waals surface area contributed by atoms with Crippen molar-refractivity contribution >= 4 is 65.3 Å². The number of pyridine rings is 2. The van der Waals surface area contributed by atoms with Crippen LogP contribution in [0.3, 0.4) is 0 Å². The molecule has 0 saturated heterocycles. The van der Waals surface area contributed by atoms with Crippen LogP contribution in [0, 0.1) is 6.92 Å². The van der Waals surface area contributed by atoms with Crippen molar-refractivity contribution in [1.29, 1.82) is 0 Å². The van der Waals surface area contributed by atoms with E-state index in [1.54, 1.807) is 30.5 Å². The van der Waals surface area contributed by atoms with E-state index in [0.717, 1.165) is 11.3 Å². The Hall–Kier alpha value is -2.51. The number of fused-ring (bicyclic) bond motifs is 1. The number of amides is 1. The third-order valence-corrected chi connectivity index (χ3v) is 5.16. The van der Waals surface area contributed by atoms with E-state index < -0.39 is 5.91 Å². The highest BCUT2D eigenvalue weighted by molar-refractivity contribution is 6.40. The molecule has 10 heteroatoms. The molecule has 0 spiro atoms. The van der Waals surface area contributed by atoms with Crippen LogP contribution in [0.4, 0.5) is 5.69 Å². The summed E-state index contributed by atoms with van der Waals surface area (Å²) in [5.74, 6) is -0.354. The van der Waals surface area contributed by atoms with Crippen molar-refractivity contribution in [3.63, 3.8) is 0 Å². The molecule has 0 saturated carbocycles. The van der Waals surface area contributed by atoms with Crippen LogP contribution in [0.2, 0.25) is 10.0 Å². The van der Waals surface area contributed by atoms with Gasteiger partial charge in [0, 0.05) is 30.6 Å². The van der Waals surface area contributed by atoms with Crippen molar-refractivity contribution in [2.24, 2.45) is 0 Å². The second-order valence-electron chi connectivity index (χ2n) is 6.56. The van der Waals surface area contributed by atoms with E-state index in [0.29, 0.717) is 23.3 Å². The molecule has 0 aliphatic rings. The van der Waals surface area contributed by atoms with Gasteiger partial charge in [0.05, 0.1) is 33.2 Å². The molecule has 162 valence electrons. The van der Waals surface area contributed by atoms with Crippen LogP contribution in [-0.4, -0.2) is 25.4 Å². The largest absolute Gasteiger partial charge is 0.506 e. The van der Waals surface area contributed by atoms with E-state index in [4.69, 9.17) is 23.2 Å². The first-order valence-corrected chi connectivity index (χ1v) is 9.54. The summed E-state index contributed by atoms with van der Waals surface area (Å²) in [6.07, 6.45) is 7.09. The highest BCUT2D eigenvalue weighted by atomic mass is 35.5. The number of anilines is 1. The molecule has 3 heterocycles. The number of carbonyl (C=O) groups is 1. The van der Waals surface area contributed by atoms with Crippen molar-refractivity contribution in [1.82, 2.24) is 14.4 Å². The average molecular weight is 500 g/mol. The second-order valence-corrected chi connectivity index (χ2v) is 7.38. The second kappa shape index (κ2) is 10.2. The SMILES string of the molecule is Cc1cn2ccc(Cc3ccncc3O)c(NC(=O)c3c(Cl)cccc3Cl)c2n1.Cl.Cl. The maximum atomic E-state index is 13.0. The highest BCUT2D eigenvalue weighted by Gasteiger charge is 2.19. The fraction of sp³-hybridized carbons (Fsp3) is 0.0952. The number of halogens is 4. The third kappa shape index (κ3) is 5.05. The van der Waals surface area contributed by atoms with E-state index in [9.17, 15) is 9.90 Å². The summed E-state index contributed by atoms with van der Waals surface area (Å²) in [7, 11) is 0. The summed E-state index contributed by atoms with van der Waals surface area (Å²) in [6, 6.07) is 8.50. The molecule has 31 heavy (non-hydrogen) atoms. The number of nitrogens with zero attached hydrogens (tertiary/aromatic N) is 3. The van der Waals surface area contributed by atoms with Gasteiger partial charge in [-0.2, -0.15) is 0 Å². The fourth-order valence-electron chi connectivity index (χ4n) is 3.16. The lowest BCUT2D eigenvalue weighted by Crippen LogP contribution is -2.16. The first-order valence-electron chi connectivity index (χ1n) is 8.78. The van der Waals surface area contributed by atoms with E-state index >= 15 is 0 Å². The standard InChI is InChI=1S/C21H16Cl2N4O2.2ClH/c1-12-11-27-8-6-14(9-13-5-7-24-10-17(13)28)19(20(27)25-12)26-21(29)18-15(22)3-2-4-16(18)23;;/h2-8,10-11,28H,9H2,1H3,(H,26,29);2*1H. The number of rotatable bonds is 4. The molecule has 0 radical (unpaired) electrons. The molecule has 0 aliphatic carbocycles. The molecule has 4 aromatic rings. The van der Waals surface area contributed by atoms with Gasteiger partial charge in [-0.05, 0) is 36.8 Å². The predicted octanol–water partition coefficient (Wildman–Crippen LogP) is 5.74. The van der Waals surface area contributed by atoms with Crippen LogP contribution < -0.4 is 5.32 Å². The van der Waals surface area contributed by atoms with Crippen molar-refractivity contribution in [2.75, 3.05) is 5.32 Å². The van der Waals surface area contributed by atoms with E-state index in [2.05, 4.69) is 15.3 Å². The van der Waals surface area contributed by atoms with Gasteiger partial charge in [-0.25, -0.2) is 4.98 Å². The number of hydrogen-bond acceptors (Lipinski definition) is 4. The van der Waals surface area contributed by atoms with Crippen molar-refractivity contribution < 1.29 is 9.90 Å². The summed E-state index contributed by atoms with van der Waals surface area (Å²) in [5, 5.41) is 13.5. The van der Waals surface area contributed by atoms with Crippen molar-refractivity contribution in [3.05, 3.63) is 87.5 Å². The highest BCUT2D eigenvalue weighted by Crippen LogP contribution is 2.30. The topological polar surface area (TPSA) is 79.5 Å². The Morgan fingerprint density at radius 1 is 1.13 bits per heavy atom. The first kappa shape index (κ1) is 24.8. The number of aromatic nitrogens is 3. The Balaban J connectivity index is 0.00000171. The van der Waals surface area contributed by atoms with Gasteiger partial charge in [0.15, 0.2) is 5.65 Å². The summed E-state index contributed by atoms with van der Waals surface area (Å²) < 4.78 is 1.83. The Morgan fingerprint density at radius 3 is 2.52 bits per heavy atom. The molecule has 1 amide bonds. The smallest absolute Gasteiger partial charge is 0.258 e. The maximum absolute atomic E-state index is 13.0. The molecule has 0 fully saturated rings. The lowest BCUT2D eigenvalue weighted by Gasteiger charge is -2.14. The summed E-state index contributed by atoms with van der Waals surface area (Å²) >= 11 is 12.4. The Bertz CT molecular complexity index is 1220. The molecule has 0 unspecified atom stereocenters. The zero-order chi connectivity index (χ0) is 20.5. The van der Waals surface area contributed by atoms with Crippen molar-refractivity contribution in [3.8, 4) is 5.75 Å². The lowest BCUT2D eigenvalue weighted by molar-refractivity contribution is 0.102. The van der Waals surface area contributed by atoms with Gasteiger partial charge in [-0.1, -0.05) is 29.3 Å². The molecule has 4 rings (SSSR count). The Morgan fingerprint density at radius 2 is 1.84 bits per heavy atom. The number of aryl methyl sites for hydroxylation is 1. The molecular formula is C21H18Cl4N4O2. The number of hydrogen-bond donors (Lipinski definition) is 2. The van der Waals surface area contributed by atoms with Crippen LogP contribution in [-0.2, 0) is 6.42 Å². The number of benzene rings is 1. The third-order valence-electron chi connectivity index (χ3n) is 4.53. The quantitative estimate of drug-likeness (QED) is 0.375. The molecular weight excluding hydrogens is 482 g/mol. The molecule has 1 aromatic carbocycles. The molecule has 0 atom stereocenters. The van der Waals surface area contributed by atoms with Gasteiger partial charge < -0.3 is 14.8 Å². The van der Waals surface area contributed by atoms with Crippen molar-refractivity contribution in [2.45, 2.75) is 13.3 Å². The first-order chi connectivity index (χ1) is 13.9. The predicted molar refractivity (Wildman–Crippen MR) is 128 cm³/mol. The number of carbonyl (C=O) groups excluding carboxylic acids is 1. The molecule has 2 N–H and O–H groups in total. The van der Waals surface area contributed by atoms with Crippen LogP contribution in [0.1, 0.15) is 27.2 Å². The van der Waals surface area contributed by atoms with Crippen LogP contribution in [0.5, 0.6) is 5.75 Å². The van der Waals surface area contributed by atoms with E-state index in [1.165, 1.54) is 6.20 Å². The van der Waals surface area contributed by atoms with E-state index in [-0.39, 0.29) is 46.2 Å². The van der Waals surface area contributed by atoms with Crippen LogP contribution in [0.25, 0.3) is 5.65 Å². The molecule has 6 nitrogen and oxygen atoms in total. The minimum atomic E-state index is -0.436. The molecule has 3 aromatic heterocycles. The monoisotopic (exact) mass is 498 g/mol. The molecule has 0 aliphatic heterocycles. The fourth-order valence-corrected chi connectivity index (χ4v) is 3.72. The minimum absolute atomic E-state index is 0. The molecule has 0 bridgehead atoms. The number of aromatic hydroxyl groups is 1. The van der Waals surface area contributed by atoms with Gasteiger partial charge in [-0.3, -0.25) is 9.78 Å². The van der Waals surface area contributed by atoms with Gasteiger partial charge in [0.25, 0.3) is 5.91 Å². The van der Waals surface area contributed by atoms with Gasteiger partial charge >= 0.3 is 0 Å². The average Bonchev–Trinajstić information content (AvgIpc) is 3.06. The number of nitrogens with one attached hydrogen (secondary N) is 1. The zero-order valence-electron chi connectivity index (χ0n) is 16.2. The van der Waals surface area contributed by atoms with Crippen LogP contribution >= 0.6 is 48.0 Å². The lowest BCUT2D eigenvalue weighted by atomic mass is 10.0. The van der Waals surface area contributed by atoms with Crippen LogP contribution in [0.15, 0.2) is 55.1 Å². The Labute approximate surface area is 201 Å². The van der Waals surface area contributed by atoms with Gasteiger partial charge in [0.2, 0.25) is 0 Å². The zero-order valence-corrected chi connectivity index (χ0v) is 19.3. The van der Waals surface area contributed by atoms with E-state index in [1.807, 2.05) is 29.8 Å². The normalized spacial score (nSPS) is 10.3. The summed E-state index contributed by atoms with van der Waals surface area (Å²) in [6.45, 7) is 1.87. The number of imidazole rings is 1. The minimum Gasteiger partial charge on any atom is -0.506 e. The van der Waals surface area contributed by atoms with Gasteiger partial charge in [-0.15, -0.1) is 24.8 Å². The summed E-state index contributed by atoms with van der Waals surface area (Å²) in [5.41, 5.74) is 3.57. The van der Waals surface area contributed by atoms with Gasteiger partial charge in [0.1, 0.15) is 5.75 Å². The summed E-state index contributed by atoms with van der Waals surface area (Å²) in [4.78, 5) is 21.4.